The number of pyridine rings is 1. The number of amides is 1. The molecule has 0 bridgehead atoms. The number of aromatic amines is 1. The highest BCUT2D eigenvalue weighted by molar-refractivity contribution is 6.01. The van der Waals surface area contributed by atoms with Crippen molar-refractivity contribution in [1.29, 1.82) is 0 Å². The molecule has 1 amide bonds. The van der Waals surface area contributed by atoms with E-state index in [-0.39, 0.29) is 0 Å². The smallest absolute Gasteiger partial charge is 0.280 e. The third-order valence-corrected chi connectivity index (χ3v) is 2.61. The Labute approximate surface area is 110 Å². The number of nitrogens with one attached hydrogen (secondary N) is 2. The first-order valence-electron chi connectivity index (χ1n) is 6.06. The number of hydrogen-bond donors (Lipinski definition) is 2. The van der Waals surface area contributed by atoms with Gasteiger partial charge >= 0.3 is 0 Å². The van der Waals surface area contributed by atoms with Gasteiger partial charge < -0.3 is 4.74 Å². The highest BCUT2D eigenvalue weighted by atomic mass is 16.6. The number of hydroxylamine groups is 1. The third-order valence-electron chi connectivity index (χ3n) is 2.61. The van der Waals surface area contributed by atoms with Crippen molar-refractivity contribution in [3.05, 3.63) is 18.0 Å². The van der Waals surface area contributed by atoms with Gasteiger partial charge in [-0.1, -0.05) is 13.3 Å². The van der Waals surface area contributed by atoms with Crippen molar-refractivity contribution >= 4 is 16.9 Å². The van der Waals surface area contributed by atoms with Gasteiger partial charge in [-0.15, -0.1) is 0 Å². The summed E-state index contributed by atoms with van der Waals surface area (Å²) in [6.07, 6.45) is 5.01. The van der Waals surface area contributed by atoms with Crippen molar-refractivity contribution in [3.8, 4) is 5.75 Å². The minimum Gasteiger partial charge on any atom is -0.492 e. The molecule has 0 saturated carbocycles. The number of H-pyrrole nitrogens is 1. The van der Waals surface area contributed by atoms with Crippen molar-refractivity contribution in [2.75, 3.05) is 13.7 Å². The van der Waals surface area contributed by atoms with Gasteiger partial charge in [-0.2, -0.15) is 5.10 Å². The van der Waals surface area contributed by atoms with Crippen molar-refractivity contribution < 1.29 is 14.4 Å². The van der Waals surface area contributed by atoms with Crippen LogP contribution in [-0.2, 0) is 4.84 Å². The van der Waals surface area contributed by atoms with Gasteiger partial charge in [-0.25, -0.2) is 10.5 Å². The first kappa shape index (κ1) is 13.3. The Balaban J connectivity index is 2.37. The maximum absolute atomic E-state index is 11.9. The summed E-state index contributed by atoms with van der Waals surface area (Å²) in [6.45, 7) is 2.61. The normalized spacial score (nSPS) is 10.6. The molecule has 2 aromatic heterocycles. The molecular weight excluding hydrogens is 248 g/mol. The van der Waals surface area contributed by atoms with Crippen molar-refractivity contribution in [2.45, 2.75) is 19.8 Å². The first-order valence-corrected chi connectivity index (χ1v) is 6.06. The van der Waals surface area contributed by atoms with Crippen LogP contribution in [0, 0.1) is 0 Å². The summed E-state index contributed by atoms with van der Waals surface area (Å²) < 4.78 is 5.70. The number of rotatable bonds is 6. The lowest BCUT2D eigenvalue weighted by atomic mass is 10.2. The Morgan fingerprint density at radius 3 is 3.11 bits per heavy atom. The summed E-state index contributed by atoms with van der Waals surface area (Å²) in [7, 11) is 1.37. The third kappa shape index (κ3) is 2.82. The van der Waals surface area contributed by atoms with Crippen LogP contribution in [0.5, 0.6) is 5.75 Å². The highest BCUT2D eigenvalue weighted by Crippen LogP contribution is 2.27. The largest absolute Gasteiger partial charge is 0.492 e. The van der Waals surface area contributed by atoms with E-state index in [9.17, 15) is 4.79 Å². The van der Waals surface area contributed by atoms with Gasteiger partial charge in [-0.05, 0) is 6.42 Å². The summed E-state index contributed by atoms with van der Waals surface area (Å²) in [4.78, 5) is 20.6. The Bertz CT molecular complexity index is 567. The van der Waals surface area contributed by atoms with E-state index in [1.807, 2.05) is 0 Å². The van der Waals surface area contributed by atoms with Crippen LogP contribution in [0.1, 0.15) is 30.1 Å². The van der Waals surface area contributed by atoms with E-state index in [0.29, 0.717) is 29.0 Å². The number of unbranched alkanes of at least 4 members (excludes halogenated alkanes) is 1. The van der Waals surface area contributed by atoms with E-state index in [4.69, 9.17) is 4.74 Å². The summed E-state index contributed by atoms with van der Waals surface area (Å²) >= 11 is 0. The Morgan fingerprint density at radius 2 is 2.37 bits per heavy atom. The fourth-order valence-electron chi connectivity index (χ4n) is 1.66. The molecule has 102 valence electrons. The highest BCUT2D eigenvalue weighted by Gasteiger charge is 2.18. The second-order valence-corrected chi connectivity index (χ2v) is 3.96. The van der Waals surface area contributed by atoms with Gasteiger partial charge in [0.1, 0.15) is 11.3 Å². The fraction of sp³-hybridized carbons (Fsp3) is 0.417. The summed E-state index contributed by atoms with van der Waals surface area (Å²) in [5.41, 5.74) is 3.10. The van der Waals surface area contributed by atoms with E-state index in [1.54, 1.807) is 6.20 Å². The number of carbonyl (C=O) groups is 1. The molecule has 2 rings (SSSR count). The average molecular weight is 264 g/mol. The molecule has 0 aliphatic heterocycles. The van der Waals surface area contributed by atoms with Crippen LogP contribution in [0.25, 0.3) is 11.0 Å². The zero-order valence-corrected chi connectivity index (χ0v) is 10.9. The van der Waals surface area contributed by atoms with Gasteiger partial charge in [0.05, 0.1) is 19.1 Å². The second kappa shape index (κ2) is 6.14. The molecule has 19 heavy (non-hydrogen) atoms. The van der Waals surface area contributed by atoms with Gasteiger partial charge in [0.25, 0.3) is 5.91 Å². The lowest BCUT2D eigenvalue weighted by Crippen LogP contribution is -2.23. The van der Waals surface area contributed by atoms with Crippen LogP contribution in [0.3, 0.4) is 0 Å². The number of ether oxygens (including phenoxy) is 1. The minimum atomic E-state index is -0.399. The molecule has 0 atom stereocenters. The molecular formula is C12H16N4O3. The van der Waals surface area contributed by atoms with Gasteiger partial charge in [-0.3, -0.25) is 14.7 Å². The Hall–Kier alpha value is -2.15. The summed E-state index contributed by atoms with van der Waals surface area (Å²) in [6, 6.07) is 0. The lowest BCUT2D eigenvalue weighted by Gasteiger charge is -2.11. The average Bonchev–Trinajstić information content (AvgIpc) is 2.88. The fourth-order valence-corrected chi connectivity index (χ4v) is 1.66. The van der Waals surface area contributed by atoms with Crippen LogP contribution >= 0.6 is 0 Å². The molecule has 7 heteroatoms. The molecule has 2 N–H and O–H groups in total. The number of carbonyl (C=O) groups excluding carboxylic acids is 1. The first-order chi connectivity index (χ1) is 9.27. The number of fused-ring (bicyclic) bond motifs is 1. The molecule has 2 aromatic rings. The minimum absolute atomic E-state index is 0.326. The molecule has 0 saturated heterocycles. The second-order valence-electron chi connectivity index (χ2n) is 3.96. The molecule has 0 aromatic carbocycles. The molecule has 0 aliphatic carbocycles. The number of nitrogens with zero attached hydrogens (tertiary/aromatic N) is 2. The SMILES string of the molecule is CCCCOc1c(C(=O)NOC)cnc2n[nH]cc12. The van der Waals surface area contributed by atoms with Crippen LogP contribution in [0.4, 0.5) is 0 Å². The molecule has 0 unspecified atom stereocenters. The zero-order valence-electron chi connectivity index (χ0n) is 10.9. The van der Waals surface area contributed by atoms with E-state index >= 15 is 0 Å². The van der Waals surface area contributed by atoms with Crippen molar-refractivity contribution in [3.63, 3.8) is 0 Å². The van der Waals surface area contributed by atoms with E-state index in [0.717, 1.165) is 12.8 Å². The molecule has 0 spiro atoms. The molecule has 7 nitrogen and oxygen atoms in total. The summed E-state index contributed by atoms with van der Waals surface area (Å²) in [5, 5.41) is 7.37. The van der Waals surface area contributed by atoms with Crippen LogP contribution in [0.2, 0.25) is 0 Å². The Kier molecular flexibility index (Phi) is 4.30. The molecule has 2 heterocycles. The standard InChI is InChI=1S/C12H16N4O3/c1-3-4-5-19-10-8-7-14-15-11(8)13-6-9(10)12(17)16-18-2/h6-7H,3-5H2,1-2H3,(H,16,17)(H,13,14,15). The van der Waals surface area contributed by atoms with Crippen molar-refractivity contribution in [1.82, 2.24) is 20.7 Å². The van der Waals surface area contributed by atoms with Gasteiger partial charge in [0.15, 0.2) is 5.65 Å². The van der Waals surface area contributed by atoms with Crippen LogP contribution in [0.15, 0.2) is 12.4 Å². The van der Waals surface area contributed by atoms with Crippen LogP contribution < -0.4 is 10.2 Å². The number of hydrogen-bond acceptors (Lipinski definition) is 5. The monoisotopic (exact) mass is 264 g/mol. The quantitative estimate of drug-likeness (QED) is 0.608. The predicted octanol–water partition coefficient (Wildman–Crippen LogP) is 1.43. The topological polar surface area (TPSA) is 89.1 Å². The lowest BCUT2D eigenvalue weighted by molar-refractivity contribution is 0.0534. The number of aromatic nitrogens is 3. The maximum atomic E-state index is 11.9. The van der Waals surface area contributed by atoms with E-state index in [2.05, 4.69) is 32.4 Å². The van der Waals surface area contributed by atoms with Gasteiger partial charge in [0, 0.05) is 12.4 Å². The molecule has 0 radical (unpaired) electrons. The van der Waals surface area contributed by atoms with E-state index in [1.165, 1.54) is 13.3 Å². The van der Waals surface area contributed by atoms with Gasteiger partial charge in [0.2, 0.25) is 0 Å². The Morgan fingerprint density at radius 1 is 1.53 bits per heavy atom. The van der Waals surface area contributed by atoms with E-state index < -0.39 is 5.91 Å². The molecule has 0 fully saturated rings. The summed E-state index contributed by atoms with van der Waals surface area (Å²) in [5.74, 6) is 0.0753. The van der Waals surface area contributed by atoms with Crippen LogP contribution in [-0.4, -0.2) is 34.8 Å². The zero-order chi connectivity index (χ0) is 13.7. The maximum Gasteiger partial charge on any atom is 0.280 e. The van der Waals surface area contributed by atoms with Crippen molar-refractivity contribution in [2.24, 2.45) is 0 Å². The predicted molar refractivity (Wildman–Crippen MR) is 68.8 cm³/mol. The molecule has 0 aliphatic rings.